The number of halogens is 1. The molecule has 9 heteroatoms. The molecule has 2 aromatic carbocycles. The number of nitrogens with zero attached hydrogens (tertiary/aromatic N) is 3. The van der Waals surface area contributed by atoms with E-state index in [0.717, 1.165) is 11.8 Å². The topological polar surface area (TPSA) is 93.2 Å². The van der Waals surface area contributed by atoms with E-state index in [0.29, 0.717) is 51.3 Å². The highest BCUT2D eigenvalue weighted by Gasteiger charge is 2.31. The summed E-state index contributed by atoms with van der Waals surface area (Å²) < 4.78 is 13.9. The van der Waals surface area contributed by atoms with E-state index in [1.807, 2.05) is 34.1 Å². The maximum absolute atomic E-state index is 13.9. The minimum Gasteiger partial charge on any atom is -0.508 e. The van der Waals surface area contributed by atoms with Crippen LogP contribution < -0.4 is 10.2 Å². The number of anilines is 2. The van der Waals surface area contributed by atoms with Crippen LogP contribution in [0.4, 0.5) is 15.8 Å². The monoisotopic (exact) mass is 484 g/mol. The number of carbonyl (C=O) groups excluding carboxylic acids is 3. The van der Waals surface area contributed by atoms with Gasteiger partial charge >= 0.3 is 0 Å². The Morgan fingerprint density at radius 3 is 2.34 bits per heavy atom. The van der Waals surface area contributed by atoms with Gasteiger partial charge in [-0.15, -0.1) is 0 Å². The molecule has 2 saturated heterocycles. The Bertz CT molecular complexity index is 1070. The van der Waals surface area contributed by atoms with E-state index >= 15 is 0 Å². The van der Waals surface area contributed by atoms with E-state index in [-0.39, 0.29) is 48.9 Å². The first-order valence-electron chi connectivity index (χ1n) is 11.5. The third-order valence-electron chi connectivity index (χ3n) is 6.48. The summed E-state index contributed by atoms with van der Waals surface area (Å²) in [5, 5.41) is 11.9. The highest BCUT2D eigenvalue weighted by atomic mass is 19.1. The zero-order chi connectivity index (χ0) is 24.2. The van der Waals surface area contributed by atoms with Gasteiger partial charge in [0.25, 0.3) is 0 Å². The van der Waals surface area contributed by atoms with Crippen molar-refractivity contribution in [3.63, 3.8) is 0 Å². The zero-order valence-corrected chi connectivity index (χ0v) is 19.2. The van der Waals surface area contributed by atoms with E-state index in [4.69, 9.17) is 0 Å². The Hall–Kier alpha value is -3.46. The smallest absolute Gasteiger partial charge is 0.236 e. The normalized spacial score (nSPS) is 18.2. The fourth-order valence-electron chi connectivity index (χ4n) is 4.44. The Morgan fingerprint density at radius 1 is 1.03 bits per heavy atom. The number of piperazine rings is 1. The highest BCUT2D eigenvalue weighted by Crippen LogP contribution is 2.23. The molecule has 35 heavy (non-hydrogen) atoms. The Balaban J connectivity index is 0.00000342. The average Bonchev–Trinajstić information content (AvgIpc) is 3.29. The van der Waals surface area contributed by atoms with Crippen molar-refractivity contribution in [2.24, 2.45) is 5.92 Å². The first-order chi connectivity index (χ1) is 16.3. The van der Waals surface area contributed by atoms with Crippen molar-refractivity contribution in [3.05, 3.63) is 53.8 Å². The van der Waals surface area contributed by atoms with Crippen LogP contribution in [0.1, 0.15) is 31.1 Å². The maximum atomic E-state index is 13.9. The molecule has 0 bridgehead atoms. The predicted octanol–water partition coefficient (Wildman–Crippen LogP) is 2.98. The van der Waals surface area contributed by atoms with Crippen LogP contribution in [0.2, 0.25) is 0 Å². The summed E-state index contributed by atoms with van der Waals surface area (Å²) in [5.41, 5.74) is 1.75. The van der Waals surface area contributed by atoms with Crippen LogP contribution >= 0.6 is 0 Å². The number of amides is 2. The molecule has 2 N–H and O–H groups in total. The summed E-state index contributed by atoms with van der Waals surface area (Å²) in [6, 6.07) is 11.1. The molecule has 2 heterocycles. The number of phenolic OH excluding ortho intramolecular Hbond substituents is 1. The average molecular weight is 485 g/mol. The van der Waals surface area contributed by atoms with Gasteiger partial charge in [0, 0.05) is 50.0 Å². The zero-order valence-electron chi connectivity index (χ0n) is 19.2. The van der Waals surface area contributed by atoms with Gasteiger partial charge in [-0.25, -0.2) is 4.39 Å². The first kappa shape index (κ1) is 26.2. The fraction of sp³-hybridized carbons (Fsp3) is 0.423. The number of Topliss-reactive ketones (excluding diaryl/α,β-unsaturated/α-hetero) is 1. The Kier molecular flexibility index (Phi) is 8.45. The Morgan fingerprint density at radius 2 is 1.71 bits per heavy atom. The van der Waals surface area contributed by atoms with Gasteiger partial charge in [0.1, 0.15) is 11.6 Å². The van der Waals surface area contributed by atoms with Crippen molar-refractivity contribution < 1.29 is 23.9 Å². The summed E-state index contributed by atoms with van der Waals surface area (Å²) in [4.78, 5) is 42.8. The van der Waals surface area contributed by atoms with Gasteiger partial charge in [-0.05, 0) is 56.3 Å². The number of benzene rings is 2. The summed E-state index contributed by atoms with van der Waals surface area (Å²) in [6.07, 6.45) is 0.600. The van der Waals surface area contributed by atoms with E-state index in [1.165, 1.54) is 12.1 Å². The first-order valence-corrected chi connectivity index (χ1v) is 11.5. The van der Waals surface area contributed by atoms with Crippen LogP contribution in [-0.4, -0.2) is 78.3 Å². The molecule has 188 valence electrons. The number of carbonyl (C=O) groups is 3. The molecule has 0 unspecified atom stereocenters. The second kappa shape index (κ2) is 11.3. The third-order valence-corrected chi connectivity index (χ3v) is 6.48. The number of likely N-dealkylation sites (tertiary alicyclic amines) is 1. The van der Waals surface area contributed by atoms with Gasteiger partial charge in [0.15, 0.2) is 5.78 Å². The predicted molar refractivity (Wildman–Crippen MR) is 133 cm³/mol. The molecule has 0 aliphatic carbocycles. The van der Waals surface area contributed by atoms with Gasteiger partial charge in [-0.2, -0.15) is 0 Å². The molecule has 2 aromatic rings. The molecule has 0 spiro atoms. The SMILES string of the molecule is C.CC(=O)c1ccc(N2CCN(C(=O)CN3CC[C@H](C(=O)Nc4ccc(O)cc4F)C3)CC2)cc1. The number of hydrogen-bond donors (Lipinski definition) is 2. The number of rotatable bonds is 6. The van der Waals surface area contributed by atoms with Crippen LogP contribution in [-0.2, 0) is 9.59 Å². The number of hydrogen-bond acceptors (Lipinski definition) is 6. The molecule has 8 nitrogen and oxygen atoms in total. The van der Waals surface area contributed by atoms with Crippen LogP contribution in [0, 0.1) is 11.7 Å². The van der Waals surface area contributed by atoms with Crippen molar-refractivity contribution in [1.82, 2.24) is 9.80 Å². The highest BCUT2D eigenvalue weighted by molar-refractivity contribution is 5.94. The number of aromatic hydroxyl groups is 1. The van der Waals surface area contributed by atoms with Crippen molar-refractivity contribution >= 4 is 29.0 Å². The van der Waals surface area contributed by atoms with Gasteiger partial charge in [-0.1, -0.05) is 7.43 Å². The molecule has 4 rings (SSSR count). The van der Waals surface area contributed by atoms with E-state index < -0.39 is 5.82 Å². The number of phenols is 1. The molecule has 2 aliphatic rings. The lowest BCUT2D eigenvalue weighted by molar-refractivity contribution is -0.132. The third kappa shape index (κ3) is 6.36. The maximum Gasteiger partial charge on any atom is 0.236 e. The lowest BCUT2D eigenvalue weighted by Crippen LogP contribution is -2.51. The van der Waals surface area contributed by atoms with E-state index in [1.54, 1.807) is 6.92 Å². The van der Waals surface area contributed by atoms with Gasteiger partial charge in [-0.3, -0.25) is 19.3 Å². The minimum absolute atomic E-state index is 0. The van der Waals surface area contributed by atoms with Crippen LogP contribution in [0.25, 0.3) is 0 Å². The summed E-state index contributed by atoms with van der Waals surface area (Å²) in [7, 11) is 0. The van der Waals surface area contributed by atoms with Gasteiger partial charge in [0.2, 0.25) is 11.8 Å². The summed E-state index contributed by atoms with van der Waals surface area (Å²) in [5.74, 6) is -1.42. The number of nitrogens with one attached hydrogen (secondary N) is 1. The summed E-state index contributed by atoms with van der Waals surface area (Å²) in [6.45, 7) is 5.54. The second-order valence-electron chi connectivity index (χ2n) is 8.85. The lowest BCUT2D eigenvalue weighted by atomic mass is 10.1. The van der Waals surface area contributed by atoms with E-state index in [9.17, 15) is 23.9 Å². The standard InChI is InChI=1S/C25H29FN4O4.CH4/c1-17(31)18-2-4-20(5-3-18)29-10-12-30(13-11-29)24(33)16-28-9-8-19(15-28)25(34)27-23-7-6-21(32)14-22(23)26;/h2-7,14,19,32H,8-13,15-16H2,1H3,(H,27,34);1H4/t19-;/m0./s1. The fourth-order valence-corrected chi connectivity index (χ4v) is 4.44. The van der Waals surface area contributed by atoms with Crippen molar-refractivity contribution in [2.45, 2.75) is 20.8 Å². The molecule has 2 amide bonds. The van der Waals surface area contributed by atoms with Crippen molar-refractivity contribution in [1.29, 1.82) is 0 Å². The molecule has 0 radical (unpaired) electrons. The van der Waals surface area contributed by atoms with Crippen molar-refractivity contribution in [3.8, 4) is 5.75 Å². The molecule has 0 saturated carbocycles. The van der Waals surface area contributed by atoms with E-state index in [2.05, 4.69) is 10.2 Å². The largest absolute Gasteiger partial charge is 0.508 e. The van der Waals surface area contributed by atoms with Crippen LogP contribution in [0.15, 0.2) is 42.5 Å². The minimum atomic E-state index is -0.688. The molecule has 1 atom stereocenters. The molecule has 2 fully saturated rings. The molecular formula is C26H33FN4O4. The second-order valence-corrected chi connectivity index (χ2v) is 8.85. The van der Waals surface area contributed by atoms with Crippen molar-refractivity contribution in [2.75, 3.05) is 56.0 Å². The quantitative estimate of drug-likeness (QED) is 0.484. The van der Waals surface area contributed by atoms with Crippen LogP contribution in [0.5, 0.6) is 5.75 Å². The molecule has 0 aromatic heterocycles. The van der Waals surface area contributed by atoms with Crippen LogP contribution in [0.3, 0.4) is 0 Å². The Labute approximate surface area is 205 Å². The lowest BCUT2D eigenvalue weighted by Gasteiger charge is -2.36. The van der Waals surface area contributed by atoms with Gasteiger partial charge in [0.05, 0.1) is 18.2 Å². The molecular weight excluding hydrogens is 451 g/mol. The van der Waals surface area contributed by atoms with Gasteiger partial charge < -0.3 is 20.2 Å². The molecule has 2 aliphatic heterocycles. The summed E-state index contributed by atoms with van der Waals surface area (Å²) >= 11 is 0. The number of ketones is 1.